The fourth-order valence-electron chi connectivity index (χ4n) is 2.42. The highest BCUT2D eigenvalue weighted by atomic mass is 16.4. The van der Waals surface area contributed by atoms with Crippen LogP contribution in [0.5, 0.6) is 5.75 Å². The van der Waals surface area contributed by atoms with Crippen LogP contribution in [0.3, 0.4) is 0 Å². The Morgan fingerprint density at radius 3 is 2.58 bits per heavy atom. The zero-order chi connectivity index (χ0) is 17.5. The lowest BCUT2D eigenvalue weighted by Crippen LogP contribution is -2.02. The first-order valence-electron chi connectivity index (χ1n) is 8.09. The predicted molar refractivity (Wildman–Crippen MR) is 92.4 cm³/mol. The van der Waals surface area contributed by atoms with Crippen molar-refractivity contribution in [2.24, 2.45) is 5.92 Å². The molecule has 0 bridgehead atoms. The Morgan fingerprint density at radius 2 is 1.96 bits per heavy atom. The molecule has 4 nitrogen and oxygen atoms in total. The van der Waals surface area contributed by atoms with Crippen LogP contribution in [0.1, 0.15) is 50.2 Å². The monoisotopic (exact) mass is 328 g/mol. The lowest BCUT2D eigenvalue weighted by atomic mass is 9.96. The topological polar surface area (TPSA) is 73.8 Å². The van der Waals surface area contributed by atoms with Gasteiger partial charge >= 0.3 is 0 Å². The molecule has 0 aliphatic rings. The van der Waals surface area contributed by atoms with E-state index in [1.807, 2.05) is 13.8 Å². The van der Waals surface area contributed by atoms with Gasteiger partial charge in [0, 0.05) is 12.8 Å². The summed E-state index contributed by atoms with van der Waals surface area (Å²) in [5.74, 6) is 0.897. The van der Waals surface area contributed by atoms with Crippen molar-refractivity contribution in [2.75, 3.05) is 0 Å². The van der Waals surface area contributed by atoms with Gasteiger partial charge in [0.2, 0.25) is 0 Å². The lowest BCUT2D eigenvalue weighted by molar-refractivity contribution is 0.147. The number of hydrogen-bond donors (Lipinski definition) is 3. The number of aromatic hydroxyl groups is 1. The van der Waals surface area contributed by atoms with E-state index in [-0.39, 0.29) is 11.7 Å². The first-order chi connectivity index (χ1) is 11.5. The van der Waals surface area contributed by atoms with Gasteiger partial charge in [0.25, 0.3) is 0 Å². The molecule has 1 heterocycles. The van der Waals surface area contributed by atoms with Gasteiger partial charge in [0.15, 0.2) is 0 Å². The van der Waals surface area contributed by atoms with E-state index in [1.54, 1.807) is 48.7 Å². The number of furan rings is 1. The van der Waals surface area contributed by atoms with Crippen molar-refractivity contribution in [2.45, 2.75) is 38.9 Å². The van der Waals surface area contributed by atoms with Gasteiger partial charge in [-0.1, -0.05) is 26.0 Å². The maximum Gasteiger partial charge on any atom is 0.132 e. The standard InChI is InChI=1S/C20H24O4/c1-14(2)15(13-19(23)20-10-5-11-24-20)6-4-9-18(22)16-7-3-8-17(21)12-16/h3-5,7-8,10-12,14,18-19,21-23H,9,13H2,1-2H3/t6?,18-,19-/m1/s1. The van der Waals surface area contributed by atoms with Gasteiger partial charge in [0.05, 0.1) is 12.4 Å². The molecule has 128 valence electrons. The van der Waals surface area contributed by atoms with E-state index in [2.05, 4.69) is 5.73 Å². The fourth-order valence-corrected chi connectivity index (χ4v) is 2.42. The van der Waals surface area contributed by atoms with E-state index in [9.17, 15) is 15.3 Å². The van der Waals surface area contributed by atoms with Crippen LogP contribution in [0.4, 0.5) is 0 Å². The van der Waals surface area contributed by atoms with Crippen LogP contribution in [-0.4, -0.2) is 15.3 Å². The zero-order valence-electron chi connectivity index (χ0n) is 14.0. The Labute approximate surface area is 142 Å². The average Bonchev–Trinajstić information content (AvgIpc) is 3.08. The largest absolute Gasteiger partial charge is 0.508 e. The molecular formula is C20H24O4. The molecule has 0 aliphatic heterocycles. The molecular weight excluding hydrogens is 304 g/mol. The Balaban J connectivity index is 2.05. The van der Waals surface area contributed by atoms with Crippen LogP contribution in [0, 0.1) is 5.92 Å². The van der Waals surface area contributed by atoms with E-state index < -0.39 is 12.2 Å². The molecule has 2 aromatic rings. The summed E-state index contributed by atoms with van der Waals surface area (Å²) in [5.41, 5.74) is 4.82. The minimum Gasteiger partial charge on any atom is -0.508 e. The van der Waals surface area contributed by atoms with E-state index in [0.29, 0.717) is 24.2 Å². The summed E-state index contributed by atoms with van der Waals surface area (Å²) in [7, 11) is 0. The van der Waals surface area contributed by atoms with Crippen LogP contribution in [-0.2, 0) is 0 Å². The third-order valence-electron chi connectivity index (χ3n) is 3.87. The maximum atomic E-state index is 10.2. The van der Waals surface area contributed by atoms with E-state index >= 15 is 0 Å². The van der Waals surface area contributed by atoms with Gasteiger partial charge in [-0.3, -0.25) is 0 Å². The van der Waals surface area contributed by atoms with Crippen molar-refractivity contribution in [3.05, 3.63) is 71.4 Å². The molecule has 24 heavy (non-hydrogen) atoms. The molecule has 1 aromatic carbocycles. The summed E-state index contributed by atoms with van der Waals surface area (Å²) >= 11 is 0. The van der Waals surface area contributed by atoms with Crippen LogP contribution < -0.4 is 0 Å². The first-order valence-corrected chi connectivity index (χ1v) is 8.09. The van der Waals surface area contributed by atoms with Gasteiger partial charge in [-0.2, -0.15) is 0 Å². The molecule has 4 heteroatoms. The number of phenolic OH excluding ortho intramolecular Hbond substituents is 1. The highest BCUT2D eigenvalue weighted by Gasteiger charge is 2.14. The van der Waals surface area contributed by atoms with Crippen molar-refractivity contribution in [3.8, 4) is 5.75 Å². The van der Waals surface area contributed by atoms with Crippen molar-refractivity contribution in [1.82, 2.24) is 0 Å². The second-order valence-electron chi connectivity index (χ2n) is 6.11. The molecule has 2 atom stereocenters. The van der Waals surface area contributed by atoms with E-state index in [1.165, 1.54) is 0 Å². The van der Waals surface area contributed by atoms with Gasteiger partial charge in [0.1, 0.15) is 17.6 Å². The third kappa shape index (κ3) is 5.14. The number of phenols is 1. The van der Waals surface area contributed by atoms with Crippen LogP contribution in [0.15, 0.2) is 64.5 Å². The minimum atomic E-state index is -0.701. The van der Waals surface area contributed by atoms with E-state index in [4.69, 9.17) is 4.42 Å². The molecule has 0 amide bonds. The van der Waals surface area contributed by atoms with Gasteiger partial charge in [-0.15, -0.1) is 5.73 Å². The Kier molecular flexibility index (Phi) is 6.44. The number of aliphatic hydroxyl groups is 2. The van der Waals surface area contributed by atoms with Gasteiger partial charge in [-0.05, 0) is 47.4 Å². The van der Waals surface area contributed by atoms with Crippen molar-refractivity contribution < 1.29 is 19.7 Å². The molecule has 0 saturated carbocycles. The zero-order valence-corrected chi connectivity index (χ0v) is 14.0. The SMILES string of the molecule is CC(C)C(=C=CC[C@@H](O)c1cccc(O)c1)C[C@@H](O)c1ccco1. The molecule has 0 spiro atoms. The second-order valence-corrected chi connectivity index (χ2v) is 6.11. The molecule has 1 aromatic heterocycles. The number of aliphatic hydroxyl groups excluding tert-OH is 2. The minimum absolute atomic E-state index is 0.135. The summed E-state index contributed by atoms with van der Waals surface area (Å²) < 4.78 is 5.22. The lowest BCUT2D eigenvalue weighted by Gasteiger charge is -2.13. The van der Waals surface area contributed by atoms with Crippen molar-refractivity contribution in [3.63, 3.8) is 0 Å². The quantitative estimate of drug-likeness (QED) is 0.664. The van der Waals surface area contributed by atoms with Crippen LogP contribution >= 0.6 is 0 Å². The molecule has 3 N–H and O–H groups in total. The smallest absolute Gasteiger partial charge is 0.132 e. The van der Waals surface area contributed by atoms with Crippen LogP contribution in [0.25, 0.3) is 0 Å². The number of hydrogen-bond acceptors (Lipinski definition) is 4. The summed E-state index contributed by atoms with van der Waals surface area (Å²) in [6.45, 7) is 4.08. The highest BCUT2D eigenvalue weighted by Crippen LogP contribution is 2.25. The number of rotatable bonds is 7. The Morgan fingerprint density at radius 1 is 1.17 bits per heavy atom. The van der Waals surface area contributed by atoms with E-state index in [0.717, 1.165) is 5.57 Å². The molecule has 0 radical (unpaired) electrons. The fraction of sp³-hybridized carbons (Fsp3) is 0.350. The van der Waals surface area contributed by atoms with Gasteiger partial charge < -0.3 is 19.7 Å². The predicted octanol–water partition coefficient (Wildman–Crippen LogP) is 4.27. The Hall–Kier alpha value is -2.26. The van der Waals surface area contributed by atoms with Crippen molar-refractivity contribution in [1.29, 1.82) is 0 Å². The Bertz CT molecular complexity index is 694. The average molecular weight is 328 g/mol. The summed E-state index contributed by atoms with van der Waals surface area (Å²) in [4.78, 5) is 0. The summed E-state index contributed by atoms with van der Waals surface area (Å²) in [6.07, 6.45) is 2.74. The maximum absolute atomic E-state index is 10.2. The molecule has 0 aliphatic carbocycles. The van der Waals surface area contributed by atoms with Crippen LogP contribution in [0.2, 0.25) is 0 Å². The third-order valence-corrected chi connectivity index (χ3v) is 3.87. The summed E-state index contributed by atoms with van der Waals surface area (Å²) in [6, 6.07) is 10.1. The molecule has 0 unspecified atom stereocenters. The highest BCUT2D eigenvalue weighted by molar-refractivity contribution is 5.28. The first kappa shape index (κ1) is 18.1. The molecule has 0 saturated heterocycles. The molecule has 2 rings (SSSR count). The van der Waals surface area contributed by atoms with Crippen molar-refractivity contribution >= 4 is 0 Å². The molecule has 0 fully saturated rings. The second kappa shape index (κ2) is 8.55. The summed E-state index contributed by atoms with van der Waals surface area (Å²) in [5, 5.41) is 29.8. The normalized spacial score (nSPS) is 13.4. The number of benzene rings is 1. The van der Waals surface area contributed by atoms with Gasteiger partial charge in [-0.25, -0.2) is 0 Å².